The molecular formula is C11H20FNO2S. The van der Waals surface area contributed by atoms with Crippen LogP contribution >= 0.6 is 0 Å². The topological polar surface area (TPSA) is 46.2 Å². The van der Waals surface area contributed by atoms with Crippen molar-refractivity contribution in [3.8, 4) is 0 Å². The van der Waals surface area contributed by atoms with E-state index in [2.05, 4.69) is 4.72 Å². The Morgan fingerprint density at radius 3 is 1.69 bits per heavy atom. The van der Waals surface area contributed by atoms with Gasteiger partial charge in [0.1, 0.15) is 5.82 Å². The van der Waals surface area contributed by atoms with Crippen LogP contribution in [0.1, 0.15) is 27.7 Å². The average molecular weight is 249 g/mol. The third-order valence-corrected chi connectivity index (χ3v) is 2.82. The van der Waals surface area contributed by atoms with E-state index in [4.69, 9.17) is 0 Å². The first-order valence-electron chi connectivity index (χ1n) is 5.25. The van der Waals surface area contributed by atoms with E-state index in [1.54, 1.807) is 0 Å². The number of hydrogen-bond donors (Lipinski definition) is 1. The summed E-state index contributed by atoms with van der Waals surface area (Å²) in [6, 6.07) is 4.62. The van der Waals surface area contributed by atoms with Gasteiger partial charge in [0.15, 0.2) is 0 Å². The Morgan fingerprint density at radius 2 is 1.38 bits per heavy atom. The molecule has 1 N–H and O–H groups in total. The molecule has 0 radical (unpaired) electrons. The Labute approximate surface area is 97.7 Å². The van der Waals surface area contributed by atoms with Gasteiger partial charge in [-0.05, 0) is 31.3 Å². The van der Waals surface area contributed by atoms with E-state index in [1.807, 2.05) is 27.7 Å². The standard InChI is InChI=1S/C7H8FNO2S.2C2H6/c1-9-12(10,11)7-4-2-6(8)3-5-7;2*1-2/h2-5,9H,1H3;2*1-2H3. The highest BCUT2D eigenvalue weighted by Crippen LogP contribution is 2.08. The van der Waals surface area contributed by atoms with E-state index in [0.29, 0.717) is 0 Å². The number of benzene rings is 1. The van der Waals surface area contributed by atoms with E-state index < -0.39 is 15.8 Å². The third-order valence-electron chi connectivity index (χ3n) is 1.39. The van der Waals surface area contributed by atoms with Gasteiger partial charge in [-0.1, -0.05) is 27.7 Å². The number of halogens is 1. The van der Waals surface area contributed by atoms with Gasteiger partial charge in [0.05, 0.1) is 4.90 Å². The lowest BCUT2D eigenvalue weighted by Gasteiger charge is -2.00. The first-order valence-corrected chi connectivity index (χ1v) is 6.74. The Morgan fingerprint density at radius 1 is 1.00 bits per heavy atom. The van der Waals surface area contributed by atoms with Gasteiger partial charge in [-0.3, -0.25) is 0 Å². The van der Waals surface area contributed by atoms with Gasteiger partial charge >= 0.3 is 0 Å². The van der Waals surface area contributed by atoms with E-state index >= 15 is 0 Å². The van der Waals surface area contributed by atoms with Crippen LogP contribution in [-0.4, -0.2) is 15.5 Å². The van der Waals surface area contributed by atoms with Crippen molar-refractivity contribution in [1.29, 1.82) is 0 Å². The second-order valence-electron chi connectivity index (χ2n) is 2.16. The lowest BCUT2D eigenvalue weighted by Crippen LogP contribution is -2.18. The molecule has 94 valence electrons. The molecule has 0 aliphatic carbocycles. The summed E-state index contributed by atoms with van der Waals surface area (Å²) in [5.74, 6) is -0.454. The van der Waals surface area contributed by atoms with Crippen LogP contribution in [0.5, 0.6) is 0 Å². The number of nitrogens with one attached hydrogen (secondary N) is 1. The summed E-state index contributed by atoms with van der Waals surface area (Å²) >= 11 is 0. The molecule has 0 bridgehead atoms. The molecule has 1 aromatic rings. The summed E-state index contributed by atoms with van der Waals surface area (Å²) in [5, 5.41) is 0. The Bertz CT molecular complexity index is 360. The molecule has 0 unspecified atom stereocenters. The molecule has 1 aromatic carbocycles. The molecule has 5 heteroatoms. The third kappa shape index (κ3) is 5.82. The second-order valence-corrected chi connectivity index (χ2v) is 4.05. The van der Waals surface area contributed by atoms with Crippen molar-refractivity contribution in [2.75, 3.05) is 7.05 Å². The molecule has 0 atom stereocenters. The van der Waals surface area contributed by atoms with E-state index in [1.165, 1.54) is 19.2 Å². The van der Waals surface area contributed by atoms with Crippen LogP contribution in [0, 0.1) is 5.82 Å². The molecular weight excluding hydrogens is 229 g/mol. The van der Waals surface area contributed by atoms with Crippen molar-refractivity contribution in [2.45, 2.75) is 32.6 Å². The van der Waals surface area contributed by atoms with Gasteiger partial charge in [0.25, 0.3) is 0 Å². The maximum absolute atomic E-state index is 12.4. The predicted molar refractivity (Wildman–Crippen MR) is 65.3 cm³/mol. The van der Waals surface area contributed by atoms with Gasteiger partial charge in [-0.2, -0.15) is 0 Å². The summed E-state index contributed by atoms with van der Waals surface area (Å²) in [4.78, 5) is 0.0615. The number of hydrogen-bond acceptors (Lipinski definition) is 2. The first kappa shape index (κ1) is 17.5. The van der Waals surface area contributed by atoms with Crippen molar-refractivity contribution in [1.82, 2.24) is 4.72 Å². The highest BCUT2D eigenvalue weighted by atomic mass is 32.2. The lowest BCUT2D eigenvalue weighted by atomic mass is 10.4. The van der Waals surface area contributed by atoms with Gasteiger partial charge < -0.3 is 0 Å². The van der Waals surface area contributed by atoms with Crippen LogP contribution in [0.4, 0.5) is 4.39 Å². The lowest BCUT2D eigenvalue weighted by molar-refractivity contribution is 0.587. The van der Waals surface area contributed by atoms with Crippen molar-refractivity contribution in [2.24, 2.45) is 0 Å². The summed E-state index contributed by atoms with van der Waals surface area (Å²) in [5.41, 5.74) is 0. The molecule has 0 aliphatic rings. The van der Waals surface area contributed by atoms with Crippen LogP contribution in [-0.2, 0) is 10.0 Å². The van der Waals surface area contributed by atoms with Crippen LogP contribution in [0.25, 0.3) is 0 Å². The smallest absolute Gasteiger partial charge is 0.214 e. The van der Waals surface area contributed by atoms with E-state index in [0.717, 1.165) is 12.1 Å². The van der Waals surface area contributed by atoms with Crippen LogP contribution in [0.3, 0.4) is 0 Å². The van der Waals surface area contributed by atoms with Crippen molar-refractivity contribution in [3.05, 3.63) is 30.1 Å². The summed E-state index contributed by atoms with van der Waals surface area (Å²) < 4.78 is 36.6. The molecule has 0 aromatic heterocycles. The highest BCUT2D eigenvalue weighted by molar-refractivity contribution is 7.89. The van der Waals surface area contributed by atoms with Crippen molar-refractivity contribution in [3.63, 3.8) is 0 Å². The van der Waals surface area contributed by atoms with Gasteiger partial charge in [-0.15, -0.1) is 0 Å². The van der Waals surface area contributed by atoms with Crippen LogP contribution in [0.15, 0.2) is 29.2 Å². The number of sulfonamides is 1. The molecule has 16 heavy (non-hydrogen) atoms. The molecule has 0 saturated heterocycles. The van der Waals surface area contributed by atoms with E-state index in [-0.39, 0.29) is 4.90 Å². The fourth-order valence-electron chi connectivity index (χ4n) is 0.732. The molecule has 0 spiro atoms. The SMILES string of the molecule is CC.CC.CNS(=O)(=O)c1ccc(F)cc1. The fraction of sp³-hybridized carbons (Fsp3) is 0.455. The summed E-state index contributed by atoms with van der Waals surface area (Å²) in [6.07, 6.45) is 0. The largest absolute Gasteiger partial charge is 0.240 e. The quantitative estimate of drug-likeness (QED) is 0.876. The normalized spacial score (nSPS) is 9.38. The molecule has 0 amide bonds. The molecule has 0 aliphatic heterocycles. The highest BCUT2D eigenvalue weighted by Gasteiger charge is 2.09. The van der Waals surface area contributed by atoms with Crippen molar-refractivity contribution < 1.29 is 12.8 Å². The monoisotopic (exact) mass is 249 g/mol. The Kier molecular flexibility index (Phi) is 10.1. The minimum Gasteiger partial charge on any atom is -0.214 e. The minimum atomic E-state index is -3.43. The Balaban J connectivity index is 0. The molecule has 0 fully saturated rings. The number of rotatable bonds is 2. The average Bonchev–Trinajstić information content (AvgIpc) is 2.35. The summed E-state index contributed by atoms with van der Waals surface area (Å²) in [7, 11) is -2.13. The molecule has 3 nitrogen and oxygen atoms in total. The predicted octanol–water partition coefficient (Wildman–Crippen LogP) is 2.79. The fourth-order valence-corrected chi connectivity index (χ4v) is 1.46. The van der Waals surface area contributed by atoms with Gasteiger partial charge in [0, 0.05) is 0 Å². The zero-order valence-corrected chi connectivity index (χ0v) is 11.2. The van der Waals surface area contributed by atoms with E-state index in [9.17, 15) is 12.8 Å². The maximum Gasteiger partial charge on any atom is 0.240 e. The van der Waals surface area contributed by atoms with Crippen molar-refractivity contribution >= 4 is 10.0 Å². The molecule has 0 heterocycles. The Hall–Kier alpha value is -0.940. The van der Waals surface area contributed by atoms with Crippen LogP contribution < -0.4 is 4.72 Å². The summed E-state index contributed by atoms with van der Waals surface area (Å²) in [6.45, 7) is 8.00. The van der Waals surface area contributed by atoms with Gasteiger partial charge in [-0.25, -0.2) is 17.5 Å². The van der Waals surface area contributed by atoms with Crippen LogP contribution in [0.2, 0.25) is 0 Å². The molecule has 0 saturated carbocycles. The zero-order chi connectivity index (χ0) is 13.2. The molecule has 1 rings (SSSR count). The minimum absolute atomic E-state index is 0.0615. The van der Waals surface area contributed by atoms with Gasteiger partial charge in [0.2, 0.25) is 10.0 Å². The first-order chi connectivity index (χ1) is 7.56. The maximum atomic E-state index is 12.4. The zero-order valence-electron chi connectivity index (χ0n) is 10.4. The second kappa shape index (κ2) is 9.30.